The normalized spacial score (nSPS) is 15.4. The van der Waals surface area contributed by atoms with E-state index in [-0.39, 0.29) is 11.8 Å². The number of fused-ring (bicyclic) bond motifs is 1. The summed E-state index contributed by atoms with van der Waals surface area (Å²) in [7, 11) is 0. The zero-order valence-electron chi connectivity index (χ0n) is 17.1. The van der Waals surface area contributed by atoms with Gasteiger partial charge in [-0.1, -0.05) is 42.5 Å². The van der Waals surface area contributed by atoms with Gasteiger partial charge in [-0.2, -0.15) is 14.9 Å². The van der Waals surface area contributed by atoms with E-state index in [4.69, 9.17) is 0 Å². The summed E-state index contributed by atoms with van der Waals surface area (Å²) in [6, 6.07) is 18.1. The van der Waals surface area contributed by atoms with Gasteiger partial charge >= 0.3 is 0 Å². The maximum absolute atomic E-state index is 12.6. The summed E-state index contributed by atoms with van der Waals surface area (Å²) < 4.78 is 1.59. The number of nitrogens with zero attached hydrogens (tertiary/aromatic N) is 5. The molecule has 2 aromatic heterocycles. The Morgan fingerprint density at radius 2 is 1.87 bits per heavy atom. The monoisotopic (exact) mass is 428 g/mol. The van der Waals surface area contributed by atoms with Gasteiger partial charge in [-0.25, -0.2) is 4.98 Å². The molecule has 0 saturated carbocycles. The summed E-state index contributed by atoms with van der Waals surface area (Å²) in [6.45, 7) is 1.95. The van der Waals surface area contributed by atoms with Crippen LogP contribution in [0, 0.1) is 6.92 Å². The average molecular weight is 429 g/mol. The molecular weight excluding hydrogens is 408 g/mol. The van der Waals surface area contributed by atoms with Crippen LogP contribution in [0.3, 0.4) is 0 Å². The molecule has 0 radical (unpaired) electrons. The fraction of sp³-hybridized carbons (Fsp3) is 0.174. The molecule has 1 N–H and O–H groups in total. The predicted molar refractivity (Wildman–Crippen MR) is 120 cm³/mol. The number of carbonyl (C=O) groups excluding carboxylic acids is 1. The van der Waals surface area contributed by atoms with Crippen molar-refractivity contribution in [3.63, 3.8) is 0 Å². The molecule has 0 fully saturated rings. The summed E-state index contributed by atoms with van der Waals surface area (Å²) in [6.07, 6.45) is 4.05. The number of nitrogens with one attached hydrogen (secondary N) is 1. The van der Waals surface area contributed by atoms with Crippen molar-refractivity contribution in [2.24, 2.45) is 0 Å². The zero-order chi connectivity index (χ0) is 21.4. The number of hydrogen-bond donors (Lipinski definition) is 1. The molecule has 1 aliphatic rings. The number of aryl methyl sites for hydroxylation is 1. The molecule has 0 saturated heterocycles. The van der Waals surface area contributed by atoms with Crippen molar-refractivity contribution in [2.75, 3.05) is 11.6 Å². The fourth-order valence-electron chi connectivity index (χ4n) is 3.94. The highest BCUT2D eigenvalue weighted by atomic mass is 32.2. The summed E-state index contributed by atoms with van der Waals surface area (Å²) in [5, 5.41) is 16.0. The quantitative estimate of drug-likeness (QED) is 0.490. The van der Waals surface area contributed by atoms with Gasteiger partial charge in [0.2, 0.25) is 5.91 Å². The van der Waals surface area contributed by atoms with Crippen molar-refractivity contribution in [2.45, 2.75) is 24.2 Å². The number of aromatic nitrogens is 5. The molecule has 5 rings (SSSR count). The van der Waals surface area contributed by atoms with Crippen LogP contribution in [0.2, 0.25) is 0 Å². The first-order valence-electron chi connectivity index (χ1n) is 9.93. The number of carbonyl (C=O) groups is 1. The molecule has 1 unspecified atom stereocenters. The van der Waals surface area contributed by atoms with E-state index in [1.165, 1.54) is 4.90 Å². The second kappa shape index (κ2) is 7.96. The van der Waals surface area contributed by atoms with E-state index in [2.05, 4.69) is 49.9 Å². The summed E-state index contributed by atoms with van der Waals surface area (Å²) in [4.78, 5) is 18.4. The van der Waals surface area contributed by atoms with Crippen LogP contribution in [0.4, 0.5) is 5.82 Å². The lowest BCUT2D eigenvalue weighted by molar-refractivity contribution is -0.116. The number of hydrogen-bond acceptors (Lipinski definition) is 6. The van der Waals surface area contributed by atoms with Gasteiger partial charge in [-0.05, 0) is 30.9 Å². The molecule has 154 valence electrons. The molecule has 2 aromatic carbocycles. The van der Waals surface area contributed by atoms with E-state index in [1.54, 1.807) is 22.6 Å². The molecule has 0 aliphatic carbocycles. The molecule has 1 amide bonds. The maximum Gasteiger partial charge on any atom is 0.272 e. The summed E-state index contributed by atoms with van der Waals surface area (Å²) in [5.74, 6) is 0.808. The van der Waals surface area contributed by atoms with Crippen LogP contribution in [0.5, 0.6) is 0 Å². The molecule has 4 aromatic rings. The number of thioether (sulfide) groups is 1. The van der Waals surface area contributed by atoms with Gasteiger partial charge in [0.25, 0.3) is 5.95 Å². The van der Waals surface area contributed by atoms with Crippen LogP contribution < -0.4 is 5.32 Å². The first-order chi connectivity index (χ1) is 15.1. The van der Waals surface area contributed by atoms with Crippen molar-refractivity contribution in [1.29, 1.82) is 0 Å². The molecule has 1 atom stereocenters. The standard InChI is InChI=1S/C23H20N6OS/c1-14-21-18(15-8-10-17(31-2)11-9-15)12-20(30)26-22(21)29(28-14)23-25-19(13-24-27-23)16-6-4-3-5-7-16/h3-11,13,18H,12H2,1-2H3,(H,26,30). The van der Waals surface area contributed by atoms with Crippen LogP contribution in [-0.4, -0.2) is 37.1 Å². The highest BCUT2D eigenvalue weighted by Gasteiger charge is 2.33. The highest BCUT2D eigenvalue weighted by molar-refractivity contribution is 7.98. The lowest BCUT2D eigenvalue weighted by Gasteiger charge is -2.24. The smallest absolute Gasteiger partial charge is 0.272 e. The zero-order valence-corrected chi connectivity index (χ0v) is 17.9. The van der Waals surface area contributed by atoms with Crippen molar-refractivity contribution in [1.82, 2.24) is 25.0 Å². The van der Waals surface area contributed by atoms with E-state index in [0.717, 1.165) is 22.4 Å². The molecular formula is C23H20N6OS. The number of rotatable bonds is 4. The average Bonchev–Trinajstić information content (AvgIpc) is 3.15. The Morgan fingerprint density at radius 3 is 2.61 bits per heavy atom. The van der Waals surface area contributed by atoms with Gasteiger partial charge in [0.15, 0.2) is 0 Å². The van der Waals surface area contributed by atoms with Crippen molar-refractivity contribution >= 4 is 23.5 Å². The summed E-state index contributed by atoms with van der Waals surface area (Å²) >= 11 is 1.70. The van der Waals surface area contributed by atoms with Gasteiger partial charge in [-0.3, -0.25) is 4.79 Å². The molecule has 3 heterocycles. The lowest BCUT2D eigenvalue weighted by Crippen LogP contribution is -2.25. The van der Waals surface area contributed by atoms with Gasteiger partial charge < -0.3 is 5.32 Å². The van der Waals surface area contributed by atoms with Crippen molar-refractivity contribution < 1.29 is 4.79 Å². The fourth-order valence-corrected chi connectivity index (χ4v) is 4.35. The van der Waals surface area contributed by atoms with Crippen molar-refractivity contribution in [3.8, 4) is 17.2 Å². The van der Waals surface area contributed by atoms with Crippen LogP contribution in [0.15, 0.2) is 65.7 Å². The lowest BCUT2D eigenvalue weighted by atomic mass is 9.86. The topological polar surface area (TPSA) is 85.6 Å². The molecule has 1 aliphatic heterocycles. The Labute approximate surface area is 183 Å². The van der Waals surface area contributed by atoms with Crippen LogP contribution in [0.1, 0.15) is 29.2 Å². The minimum atomic E-state index is -0.0707. The third-order valence-electron chi connectivity index (χ3n) is 5.43. The second-order valence-corrected chi connectivity index (χ2v) is 8.22. The highest BCUT2D eigenvalue weighted by Crippen LogP contribution is 2.40. The van der Waals surface area contributed by atoms with E-state index < -0.39 is 0 Å². The minimum absolute atomic E-state index is 0.0558. The largest absolute Gasteiger partial charge is 0.310 e. The van der Waals surface area contributed by atoms with Gasteiger partial charge in [0, 0.05) is 28.4 Å². The van der Waals surface area contributed by atoms with E-state index in [9.17, 15) is 4.79 Å². The first-order valence-corrected chi connectivity index (χ1v) is 11.2. The minimum Gasteiger partial charge on any atom is -0.310 e. The maximum atomic E-state index is 12.6. The number of benzene rings is 2. The van der Waals surface area contributed by atoms with Crippen LogP contribution in [-0.2, 0) is 4.79 Å². The first kappa shape index (κ1) is 19.4. The van der Waals surface area contributed by atoms with E-state index >= 15 is 0 Å². The Morgan fingerprint density at radius 1 is 1.10 bits per heavy atom. The molecule has 0 spiro atoms. The Hall–Kier alpha value is -3.52. The SMILES string of the molecule is CSc1ccc(C2CC(=O)Nc3c2c(C)nn3-c2nncc(-c3ccccc3)n2)cc1. The Bertz CT molecular complexity index is 1250. The Balaban J connectivity index is 1.60. The second-order valence-electron chi connectivity index (χ2n) is 7.35. The van der Waals surface area contributed by atoms with Gasteiger partial charge in [0.05, 0.1) is 17.6 Å². The third kappa shape index (κ3) is 3.59. The van der Waals surface area contributed by atoms with E-state index in [0.29, 0.717) is 23.9 Å². The van der Waals surface area contributed by atoms with Crippen LogP contribution in [0.25, 0.3) is 17.2 Å². The molecule has 7 nitrogen and oxygen atoms in total. The number of amides is 1. The van der Waals surface area contributed by atoms with Gasteiger partial charge in [-0.15, -0.1) is 16.9 Å². The molecule has 8 heteroatoms. The Kier molecular flexibility index (Phi) is 4.99. The molecule has 0 bridgehead atoms. The van der Waals surface area contributed by atoms with Crippen molar-refractivity contribution in [3.05, 3.63) is 77.6 Å². The number of anilines is 1. The third-order valence-corrected chi connectivity index (χ3v) is 6.17. The predicted octanol–water partition coefficient (Wildman–Crippen LogP) is 4.23. The summed E-state index contributed by atoms with van der Waals surface area (Å²) in [5.41, 5.74) is 4.55. The molecule has 31 heavy (non-hydrogen) atoms. The van der Waals surface area contributed by atoms with E-state index in [1.807, 2.05) is 43.5 Å². The van der Waals surface area contributed by atoms with Gasteiger partial charge in [0.1, 0.15) is 5.82 Å². The van der Waals surface area contributed by atoms with Crippen LogP contribution >= 0.6 is 11.8 Å².